The third kappa shape index (κ3) is 4.31. The summed E-state index contributed by atoms with van der Waals surface area (Å²) in [7, 11) is 0. The van der Waals surface area contributed by atoms with Gasteiger partial charge in [-0.1, -0.05) is 23.7 Å². The zero-order valence-electron chi connectivity index (χ0n) is 10.2. The summed E-state index contributed by atoms with van der Waals surface area (Å²) in [6.07, 6.45) is 2.92. The molecule has 1 aromatic carbocycles. The molecule has 1 aliphatic rings. The molecule has 0 saturated heterocycles. The van der Waals surface area contributed by atoms with Crippen molar-refractivity contribution in [1.82, 2.24) is 5.32 Å². The smallest absolute Gasteiger partial charge is 0.220 e. The van der Waals surface area contributed by atoms with Crippen molar-refractivity contribution in [2.24, 2.45) is 5.92 Å². The Balaban J connectivity index is 1.70. The lowest BCUT2D eigenvalue weighted by atomic mass is 10.1. The predicted octanol–water partition coefficient (Wildman–Crippen LogP) is 2.68. The number of hydrogen-bond donors (Lipinski definition) is 2. The number of halogens is 1. The molecule has 1 aromatic rings. The van der Waals surface area contributed by atoms with Gasteiger partial charge in [0.1, 0.15) is 0 Å². The molecule has 1 fully saturated rings. The SMILES string of the molecule is O=C(CC1CC1)NCC[C@@H](O)c1cccc(Cl)c1. The van der Waals surface area contributed by atoms with Crippen molar-refractivity contribution in [3.8, 4) is 0 Å². The van der Waals surface area contributed by atoms with Crippen LogP contribution in [0.15, 0.2) is 24.3 Å². The Morgan fingerprint density at radius 2 is 2.28 bits per heavy atom. The summed E-state index contributed by atoms with van der Waals surface area (Å²) in [5.41, 5.74) is 0.791. The fourth-order valence-electron chi connectivity index (χ4n) is 1.89. The van der Waals surface area contributed by atoms with E-state index in [0.717, 1.165) is 5.56 Å². The Kier molecular flexibility index (Phi) is 4.61. The van der Waals surface area contributed by atoms with Gasteiger partial charge in [-0.25, -0.2) is 0 Å². The molecule has 1 aliphatic carbocycles. The van der Waals surface area contributed by atoms with Crippen molar-refractivity contribution in [2.45, 2.75) is 31.8 Å². The molecular formula is C14H18ClNO2. The van der Waals surface area contributed by atoms with Gasteiger partial charge < -0.3 is 10.4 Å². The van der Waals surface area contributed by atoms with Gasteiger partial charge in [0.15, 0.2) is 0 Å². The van der Waals surface area contributed by atoms with Gasteiger partial charge in [0, 0.05) is 18.0 Å². The summed E-state index contributed by atoms with van der Waals surface area (Å²) in [5, 5.41) is 13.4. The highest BCUT2D eigenvalue weighted by atomic mass is 35.5. The van der Waals surface area contributed by atoms with E-state index in [0.29, 0.717) is 30.3 Å². The molecule has 2 rings (SSSR count). The van der Waals surface area contributed by atoms with Gasteiger partial charge in [-0.2, -0.15) is 0 Å². The minimum Gasteiger partial charge on any atom is -0.388 e. The number of aliphatic hydroxyl groups is 1. The number of benzene rings is 1. The molecule has 98 valence electrons. The van der Waals surface area contributed by atoms with Crippen LogP contribution < -0.4 is 5.32 Å². The molecule has 3 nitrogen and oxygen atoms in total. The third-order valence-corrected chi connectivity index (χ3v) is 3.38. The fraction of sp³-hybridized carbons (Fsp3) is 0.500. The van der Waals surface area contributed by atoms with Gasteiger partial charge in [0.2, 0.25) is 5.91 Å². The van der Waals surface area contributed by atoms with Crippen LogP contribution in [0.4, 0.5) is 0 Å². The largest absolute Gasteiger partial charge is 0.388 e. The van der Waals surface area contributed by atoms with Crippen LogP contribution in [-0.4, -0.2) is 17.6 Å². The Hall–Kier alpha value is -1.06. The van der Waals surface area contributed by atoms with E-state index >= 15 is 0 Å². The molecule has 4 heteroatoms. The Morgan fingerprint density at radius 1 is 1.50 bits per heavy atom. The second-order valence-corrected chi connectivity index (χ2v) is 5.29. The van der Waals surface area contributed by atoms with E-state index in [1.54, 1.807) is 12.1 Å². The van der Waals surface area contributed by atoms with Gasteiger partial charge in [-0.05, 0) is 42.9 Å². The van der Waals surface area contributed by atoms with Crippen LogP contribution in [0.25, 0.3) is 0 Å². The summed E-state index contributed by atoms with van der Waals surface area (Å²) in [4.78, 5) is 11.5. The Labute approximate surface area is 112 Å². The van der Waals surface area contributed by atoms with Crippen LogP contribution in [-0.2, 0) is 4.79 Å². The number of amides is 1. The zero-order chi connectivity index (χ0) is 13.0. The lowest BCUT2D eigenvalue weighted by molar-refractivity contribution is -0.121. The average Bonchev–Trinajstić information content (AvgIpc) is 3.12. The highest BCUT2D eigenvalue weighted by Crippen LogP contribution is 2.32. The van der Waals surface area contributed by atoms with Crippen LogP contribution in [0, 0.1) is 5.92 Å². The maximum absolute atomic E-state index is 11.5. The third-order valence-electron chi connectivity index (χ3n) is 3.14. The lowest BCUT2D eigenvalue weighted by Gasteiger charge is -2.12. The van der Waals surface area contributed by atoms with Gasteiger partial charge in [-0.15, -0.1) is 0 Å². The highest BCUT2D eigenvalue weighted by molar-refractivity contribution is 6.30. The van der Waals surface area contributed by atoms with Gasteiger partial charge in [0.05, 0.1) is 6.10 Å². The highest BCUT2D eigenvalue weighted by Gasteiger charge is 2.24. The molecule has 1 amide bonds. The van der Waals surface area contributed by atoms with E-state index in [1.165, 1.54) is 12.8 Å². The summed E-state index contributed by atoms with van der Waals surface area (Å²) in [6.45, 7) is 0.499. The molecular weight excluding hydrogens is 250 g/mol. The number of nitrogens with one attached hydrogen (secondary N) is 1. The molecule has 18 heavy (non-hydrogen) atoms. The molecule has 0 spiro atoms. The quantitative estimate of drug-likeness (QED) is 0.833. The summed E-state index contributed by atoms with van der Waals surface area (Å²) < 4.78 is 0. The zero-order valence-corrected chi connectivity index (χ0v) is 11.0. The topological polar surface area (TPSA) is 49.3 Å². The van der Waals surface area contributed by atoms with E-state index < -0.39 is 6.10 Å². The normalized spacial score (nSPS) is 16.3. The number of aliphatic hydroxyl groups excluding tert-OH is 1. The van der Waals surface area contributed by atoms with E-state index in [-0.39, 0.29) is 5.91 Å². The Bertz CT molecular complexity index is 418. The molecule has 0 aliphatic heterocycles. The van der Waals surface area contributed by atoms with E-state index in [9.17, 15) is 9.90 Å². The predicted molar refractivity (Wildman–Crippen MR) is 71.4 cm³/mol. The van der Waals surface area contributed by atoms with E-state index in [4.69, 9.17) is 11.6 Å². The minimum absolute atomic E-state index is 0.0933. The lowest BCUT2D eigenvalue weighted by Crippen LogP contribution is -2.25. The van der Waals surface area contributed by atoms with Crippen LogP contribution in [0.2, 0.25) is 5.02 Å². The van der Waals surface area contributed by atoms with Crippen molar-refractivity contribution >= 4 is 17.5 Å². The molecule has 0 aromatic heterocycles. The average molecular weight is 268 g/mol. The first kappa shape index (κ1) is 13.4. The minimum atomic E-state index is -0.579. The van der Waals surface area contributed by atoms with Crippen LogP contribution in [0.1, 0.15) is 37.4 Å². The van der Waals surface area contributed by atoms with Crippen molar-refractivity contribution < 1.29 is 9.90 Å². The molecule has 1 saturated carbocycles. The van der Waals surface area contributed by atoms with Gasteiger partial charge >= 0.3 is 0 Å². The summed E-state index contributed by atoms with van der Waals surface area (Å²) in [5.74, 6) is 0.693. The van der Waals surface area contributed by atoms with Crippen LogP contribution in [0.5, 0.6) is 0 Å². The van der Waals surface area contributed by atoms with Crippen molar-refractivity contribution in [3.05, 3.63) is 34.9 Å². The summed E-state index contributed by atoms with van der Waals surface area (Å²) >= 11 is 5.86. The first-order valence-corrected chi connectivity index (χ1v) is 6.73. The molecule has 0 radical (unpaired) electrons. The van der Waals surface area contributed by atoms with Gasteiger partial charge in [-0.3, -0.25) is 4.79 Å². The van der Waals surface area contributed by atoms with E-state index in [2.05, 4.69) is 5.32 Å². The molecule has 1 atom stereocenters. The second-order valence-electron chi connectivity index (χ2n) is 4.86. The second kappa shape index (κ2) is 6.21. The monoisotopic (exact) mass is 267 g/mol. The van der Waals surface area contributed by atoms with Crippen LogP contribution >= 0.6 is 11.6 Å². The van der Waals surface area contributed by atoms with Crippen molar-refractivity contribution in [1.29, 1.82) is 0 Å². The number of carbonyl (C=O) groups excluding carboxylic acids is 1. The number of hydrogen-bond acceptors (Lipinski definition) is 2. The van der Waals surface area contributed by atoms with Gasteiger partial charge in [0.25, 0.3) is 0 Å². The molecule has 2 N–H and O–H groups in total. The Morgan fingerprint density at radius 3 is 2.94 bits per heavy atom. The fourth-order valence-corrected chi connectivity index (χ4v) is 2.08. The maximum atomic E-state index is 11.5. The number of rotatable bonds is 6. The first-order valence-electron chi connectivity index (χ1n) is 6.35. The number of carbonyl (C=O) groups is 1. The molecule has 0 bridgehead atoms. The first-order chi connectivity index (χ1) is 8.65. The molecule has 0 unspecified atom stereocenters. The van der Waals surface area contributed by atoms with Crippen molar-refractivity contribution in [2.75, 3.05) is 6.54 Å². The maximum Gasteiger partial charge on any atom is 0.220 e. The summed E-state index contributed by atoms with van der Waals surface area (Å²) in [6, 6.07) is 7.17. The van der Waals surface area contributed by atoms with Crippen molar-refractivity contribution in [3.63, 3.8) is 0 Å². The standard InChI is InChI=1S/C14H18ClNO2/c15-12-3-1-2-11(9-12)13(17)6-7-16-14(18)8-10-4-5-10/h1-3,9-10,13,17H,4-8H2,(H,16,18)/t13-/m1/s1. The molecule has 0 heterocycles. The van der Waals surface area contributed by atoms with E-state index in [1.807, 2.05) is 12.1 Å². The van der Waals surface area contributed by atoms with Crippen LogP contribution in [0.3, 0.4) is 0 Å².